The molecule has 0 heterocycles. The van der Waals surface area contributed by atoms with E-state index in [1.165, 1.54) is 5.56 Å². The van der Waals surface area contributed by atoms with Crippen LogP contribution in [0.1, 0.15) is 26.3 Å². The fourth-order valence-electron chi connectivity index (χ4n) is 1.98. The number of nitrogens with two attached hydrogens (primary N) is 1. The molecule has 0 saturated heterocycles. The molecule has 0 aromatic heterocycles. The lowest BCUT2D eigenvalue weighted by atomic mass is 9.89. The molecule has 1 rings (SSSR count). The number of rotatable bonds is 6. The summed E-state index contributed by atoms with van der Waals surface area (Å²) in [5.41, 5.74) is 7.73. The van der Waals surface area contributed by atoms with E-state index in [9.17, 15) is 4.79 Å². The standard InChI is InChI=1S/C16H23NO2.ClH/c1-11(2)15(10-14-8-6-5-7-9-14)13(4)19-16(18)12(3)17;/h5-9,12-13,15H,1,10,17H2,2-4H3;1H/t12?,13-,15+;/m0./s1. The number of esters is 1. The summed E-state index contributed by atoms with van der Waals surface area (Å²) in [6.45, 7) is 9.48. The monoisotopic (exact) mass is 297 g/mol. The highest BCUT2D eigenvalue weighted by Crippen LogP contribution is 2.22. The normalized spacial score (nSPS) is 14.6. The minimum atomic E-state index is -0.593. The minimum absolute atomic E-state index is 0. The van der Waals surface area contributed by atoms with E-state index in [2.05, 4.69) is 18.7 Å². The summed E-state index contributed by atoms with van der Waals surface area (Å²) in [7, 11) is 0. The van der Waals surface area contributed by atoms with Gasteiger partial charge in [0.1, 0.15) is 12.1 Å². The van der Waals surface area contributed by atoms with E-state index in [0.29, 0.717) is 0 Å². The van der Waals surface area contributed by atoms with E-state index in [-0.39, 0.29) is 30.4 Å². The van der Waals surface area contributed by atoms with Gasteiger partial charge in [0.15, 0.2) is 0 Å². The molecule has 1 unspecified atom stereocenters. The number of halogens is 1. The topological polar surface area (TPSA) is 52.3 Å². The molecule has 20 heavy (non-hydrogen) atoms. The van der Waals surface area contributed by atoms with Crippen LogP contribution in [0, 0.1) is 5.92 Å². The maximum Gasteiger partial charge on any atom is 0.322 e. The molecule has 0 aliphatic heterocycles. The van der Waals surface area contributed by atoms with Crippen molar-refractivity contribution < 1.29 is 9.53 Å². The van der Waals surface area contributed by atoms with Crippen molar-refractivity contribution >= 4 is 18.4 Å². The summed E-state index contributed by atoms with van der Waals surface area (Å²) >= 11 is 0. The van der Waals surface area contributed by atoms with Crippen LogP contribution in [-0.2, 0) is 16.0 Å². The highest BCUT2D eigenvalue weighted by Gasteiger charge is 2.23. The van der Waals surface area contributed by atoms with Crippen LogP contribution >= 0.6 is 12.4 Å². The van der Waals surface area contributed by atoms with E-state index < -0.39 is 6.04 Å². The van der Waals surface area contributed by atoms with Crippen LogP contribution in [0.25, 0.3) is 0 Å². The first kappa shape index (κ1) is 18.7. The summed E-state index contributed by atoms with van der Waals surface area (Å²) in [4.78, 5) is 11.6. The van der Waals surface area contributed by atoms with Gasteiger partial charge >= 0.3 is 5.97 Å². The molecule has 0 bridgehead atoms. The summed E-state index contributed by atoms with van der Waals surface area (Å²) < 4.78 is 5.38. The molecule has 3 atom stereocenters. The third-order valence-corrected chi connectivity index (χ3v) is 3.17. The molecule has 4 heteroatoms. The molecule has 0 aliphatic rings. The first-order chi connectivity index (χ1) is 8.91. The summed E-state index contributed by atoms with van der Waals surface area (Å²) in [6.07, 6.45) is 0.583. The second-order valence-electron chi connectivity index (χ2n) is 5.07. The average Bonchev–Trinajstić information content (AvgIpc) is 2.36. The van der Waals surface area contributed by atoms with Crippen LogP contribution in [0.2, 0.25) is 0 Å². The number of hydrogen-bond acceptors (Lipinski definition) is 3. The number of carbonyl (C=O) groups excluding carboxylic acids is 1. The number of benzene rings is 1. The van der Waals surface area contributed by atoms with E-state index in [4.69, 9.17) is 10.5 Å². The molecule has 0 aliphatic carbocycles. The zero-order valence-corrected chi connectivity index (χ0v) is 13.2. The number of ether oxygens (including phenoxy) is 1. The molecule has 3 nitrogen and oxygen atoms in total. The maximum atomic E-state index is 11.6. The third-order valence-electron chi connectivity index (χ3n) is 3.17. The smallest absolute Gasteiger partial charge is 0.322 e. The van der Waals surface area contributed by atoms with Gasteiger partial charge in [-0.1, -0.05) is 42.5 Å². The highest BCUT2D eigenvalue weighted by molar-refractivity contribution is 5.85. The fraction of sp³-hybridized carbons (Fsp3) is 0.438. The van der Waals surface area contributed by atoms with Crippen LogP contribution in [0.4, 0.5) is 0 Å². The predicted octanol–water partition coefficient (Wildman–Crippen LogP) is 3.12. The minimum Gasteiger partial charge on any atom is -0.461 e. The van der Waals surface area contributed by atoms with Gasteiger partial charge in [-0.05, 0) is 32.8 Å². The molecular formula is C16H24ClNO2. The van der Waals surface area contributed by atoms with Crippen molar-refractivity contribution in [1.29, 1.82) is 0 Å². The van der Waals surface area contributed by atoms with Gasteiger partial charge in [0.2, 0.25) is 0 Å². The van der Waals surface area contributed by atoms with Crippen molar-refractivity contribution in [3.63, 3.8) is 0 Å². The molecule has 0 spiro atoms. The van der Waals surface area contributed by atoms with Gasteiger partial charge in [0.25, 0.3) is 0 Å². The van der Waals surface area contributed by atoms with Crippen molar-refractivity contribution in [2.24, 2.45) is 11.7 Å². The van der Waals surface area contributed by atoms with Crippen LogP contribution in [0.15, 0.2) is 42.5 Å². The molecule has 0 radical (unpaired) electrons. The third kappa shape index (κ3) is 5.76. The van der Waals surface area contributed by atoms with Crippen molar-refractivity contribution in [2.75, 3.05) is 0 Å². The quantitative estimate of drug-likeness (QED) is 0.648. The Hall–Kier alpha value is -1.32. The molecule has 1 aromatic rings. The molecule has 0 amide bonds. The second-order valence-corrected chi connectivity index (χ2v) is 5.07. The van der Waals surface area contributed by atoms with Crippen LogP contribution < -0.4 is 5.73 Å². The summed E-state index contributed by atoms with van der Waals surface area (Å²) in [5.74, 6) is -0.267. The zero-order chi connectivity index (χ0) is 14.4. The Morgan fingerprint density at radius 3 is 2.30 bits per heavy atom. The van der Waals surface area contributed by atoms with E-state index in [1.807, 2.05) is 32.0 Å². The zero-order valence-electron chi connectivity index (χ0n) is 12.3. The summed E-state index contributed by atoms with van der Waals surface area (Å²) in [6, 6.07) is 9.53. The van der Waals surface area contributed by atoms with Gasteiger partial charge < -0.3 is 10.5 Å². The number of carbonyl (C=O) groups is 1. The lowest BCUT2D eigenvalue weighted by Gasteiger charge is -2.25. The fourth-order valence-corrected chi connectivity index (χ4v) is 1.98. The van der Waals surface area contributed by atoms with Crippen LogP contribution in [0.5, 0.6) is 0 Å². The highest BCUT2D eigenvalue weighted by atomic mass is 35.5. The first-order valence-corrected chi connectivity index (χ1v) is 6.57. The Bertz CT molecular complexity index is 431. The second kappa shape index (κ2) is 8.77. The van der Waals surface area contributed by atoms with Gasteiger partial charge in [-0.3, -0.25) is 4.79 Å². The Kier molecular flexibility index (Phi) is 8.19. The number of hydrogen-bond donors (Lipinski definition) is 1. The Morgan fingerprint density at radius 2 is 1.85 bits per heavy atom. The predicted molar refractivity (Wildman–Crippen MR) is 84.9 cm³/mol. The molecule has 112 valence electrons. The Morgan fingerprint density at radius 1 is 1.30 bits per heavy atom. The molecule has 0 saturated carbocycles. The lowest BCUT2D eigenvalue weighted by molar-refractivity contribution is -0.151. The van der Waals surface area contributed by atoms with Crippen molar-refractivity contribution in [3.8, 4) is 0 Å². The SMILES string of the molecule is C=C(C)[C@@H](Cc1ccccc1)[C@H](C)OC(=O)C(C)N.Cl. The molecule has 2 N–H and O–H groups in total. The maximum absolute atomic E-state index is 11.6. The Labute approximate surface area is 127 Å². The van der Waals surface area contributed by atoms with Gasteiger partial charge in [-0.25, -0.2) is 0 Å². The average molecular weight is 298 g/mol. The van der Waals surface area contributed by atoms with E-state index in [1.54, 1.807) is 6.92 Å². The van der Waals surface area contributed by atoms with Crippen LogP contribution in [-0.4, -0.2) is 18.1 Å². The van der Waals surface area contributed by atoms with E-state index in [0.717, 1.165) is 12.0 Å². The van der Waals surface area contributed by atoms with Gasteiger partial charge in [-0.15, -0.1) is 12.4 Å². The van der Waals surface area contributed by atoms with Crippen LogP contribution in [0.3, 0.4) is 0 Å². The van der Waals surface area contributed by atoms with Gasteiger partial charge in [-0.2, -0.15) is 0 Å². The summed E-state index contributed by atoms with van der Waals surface area (Å²) in [5, 5.41) is 0. The molecule has 1 aromatic carbocycles. The van der Waals surface area contributed by atoms with Crippen molar-refractivity contribution in [1.82, 2.24) is 0 Å². The van der Waals surface area contributed by atoms with E-state index >= 15 is 0 Å². The Balaban J connectivity index is 0.00000361. The lowest BCUT2D eigenvalue weighted by Crippen LogP contribution is -2.34. The van der Waals surface area contributed by atoms with Crippen molar-refractivity contribution in [3.05, 3.63) is 48.0 Å². The largest absolute Gasteiger partial charge is 0.461 e. The van der Waals surface area contributed by atoms with Crippen molar-refractivity contribution in [2.45, 2.75) is 39.3 Å². The van der Waals surface area contributed by atoms with Gasteiger partial charge in [0.05, 0.1) is 0 Å². The van der Waals surface area contributed by atoms with Gasteiger partial charge in [0, 0.05) is 5.92 Å². The first-order valence-electron chi connectivity index (χ1n) is 6.57. The molecular weight excluding hydrogens is 274 g/mol. The molecule has 0 fully saturated rings.